The van der Waals surface area contributed by atoms with E-state index in [0.29, 0.717) is 18.5 Å². The molecule has 1 fully saturated rings. The zero-order chi connectivity index (χ0) is 20.2. The van der Waals surface area contributed by atoms with Gasteiger partial charge < -0.3 is 15.3 Å². The normalized spacial score (nSPS) is 17.4. The van der Waals surface area contributed by atoms with Crippen LogP contribution in [0.15, 0.2) is 35.5 Å². The molecule has 1 aliphatic rings. The quantitative estimate of drug-likeness (QED) is 0.379. The number of oxime groups is 1. The highest BCUT2D eigenvalue weighted by atomic mass is 35.5. The largest absolute Gasteiger partial charge is 0.393 e. The average molecular weight is 407 g/mol. The third-order valence-corrected chi connectivity index (χ3v) is 5.26. The molecule has 1 atom stereocenters. The first-order chi connectivity index (χ1) is 13.5. The van der Waals surface area contributed by atoms with Gasteiger partial charge >= 0.3 is 0 Å². The summed E-state index contributed by atoms with van der Waals surface area (Å²) in [6.45, 7) is 5.16. The number of nitrogens with one attached hydrogen (secondary N) is 1. The number of halogens is 1. The van der Waals surface area contributed by atoms with Crippen molar-refractivity contribution in [3.8, 4) is 0 Å². The van der Waals surface area contributed by atoms with Gasteiger partial charge in [-0.15, -0.1) is 0 Å². The van der Waals surface area contributed by atoms with Gasteiger partial charge in [-0.25, -0.2) is 0 Å². The van der Waals surface area contributed by atoms with Crippen molar-refractivity contribution in [3.63, 3.8) is 0 Å². The second-order valence-electron chi connectivity index (χ2n) is 8.09. The fourth-order valence-corrected chi connectivity index (χ4v) is 3.36. The molecule has 156 valence electrons. The van der Waals surface area contributed by atoms with Crippen LogP contribution < -0.4 is 5.32 Å². The van der Waals surface area contributed by atoms with Crippen molar-refractivity contribution in [1.29, 1.82) is 0 Å². The van der Waals surface area contributed by atoms with Gasteiger partial charge in [0.15, 0.2) is 0 Å². The molecule has 28 heavy (non-hydrogen) atoms. The zero-order valence-corrected chi connectivity index (χ0v) is 18.0. The van der Waals surface area contributed by atoms with Crippen LogP contribution in [-0.4, -0.2) is 36.1 Å². The van der Waals surface area contributed by atoms with E-state index < -0.39 is 6.10 Å². The molecule has 1 saturated carbocycles. The monoisotopic (exact) mass is 406 g/mol. The molecule has 0 amide bonds. The van der Waals surface area contributed by atoms with Crippen LogP contribution in [0.4, 0.5) is 0 Å². The van der Waals surface area contributed by atoms with Gasteiger partial charge in [0.05, 0.1) is 5.71 Å². The first-order valence-electron chi connectivity index (χ1n) is 10.6. The van der Waals surface area contributed by atoms with E-state index in [1.807, 2.05) is 36.4 Å². The molecular formula is C23H35ClN2O2. The maximum Gasteiger partial charge on any atom is 0.144 e. The number of aliphatic hydroxyl groups is 1. The standard InChI is InChI=1S/C23H35ClN2O2/c1-18(2)8-14-22(15-11-19-9-12-20(24)13-10-19)26-28-17-23(27)16-25-21-6-4-3-5-7-21/h9-13,15,18,21,23,25,27H,3-8,14,16-17H2,1-2H3/b15-11+,26-22+. The van der Waals surface area contributed by atoms with Crippen LogP contribution in [0, 0.1) is 5.92 Å². The summed E-state index contributed by atoms with van der Waals surface area (Å²) in [5.74, 6) is 0.597. The van der Waals surface area contributed by atoms with Gasteiger partial charge in [-0.3, -0.25) is 0 Å². The minimum absolute atomic E-state index is 0.208. The second-order valence-corrected chi connectivity index (χ2v) is 8.53. The fourth-order valence-electron chi connectivity index (χ4n) is 3.24. The summed E-state index contributed by atoms with van der Waals surface area (Å²) in [6.07, 6.45) is 11.7. The zero-order valence-electron chi connectivity index (χ0n) is 17.2. The SMILES string of the molecule is CC(C)CCC(/C=C/c1ccc(Cl)cc1)=N\OCC(O)CNC1CCCCC1. The Morgan fingerprint density at radius 1 is 1.25 bits per heavy atom. The van der Waals surface area contributed by atoms with Gasteiger partial charge in [0, 0.05) is 17.6 Å². The van der Waals surface area contributed by atoms with E-state index in [2.05, 4.69) is 24.3 Å². The predicted octanol–water partition coefficient (Wildman–Crippen LogP) is 5.45. The van der Waals surface area contributed by atoms with Gasteiger partial charge in [-0.1, -0.05) is 68.1 Å². The molecule has 0 spiro atoms. The smallest absolute Gasteiger partial charge is 0.144 e. The van der Waals surface area contributed by atoms with Gasteiger partial charge in [-0.2, -0.15) is 0 Å². The number of hydrogen-bond acceptors (Lipinski definition) is 4. The van der Waals surface area contributed by atoms with Crippen molar-refractivity contribution in [2.75, 3.05) is 13.2 Å². The van der Waals surface area contributed by atoms with Crippen LogP contribution in [0.3, 0.4) is 0 Å². The molecule has 1 unspecified atom stereocenters. The average Bonchev–Trinajstić information content (AvgIpc) is 2.70. The van der Waals surface area contributed by atoms with Crippen LogP contribution in [0.2, 0.25) is 5.02 Å². The molecule has 0 aliphatic heterocycles. The maximum atomic E-state index is 10.2. The third-order valence-electron chi connectivity index (χ3n) is 5.01. The van der Waals surface area contributed by atoms with Crippen LogP contribution in [0.25, 0.3) is 6.08 Å². The maximum absolute atomic E-state index is 10.2. The number of benzene rings is 1. The molecule has 0 bridgehead atoms. The van der Waals surface area contributed by atoms with E-state index in [1.54, 1.807) is 0 Å². The fraction of sp³-hybridized carbons (Fsp3) is 0.609. The van der Waals surface area contributed by atoms with Crippen LogP contribution in [-0.2, 0) is 4.84 Å². The minimum atomic E-state index is -0.544. The van der Waals surface area contributed by atoms with Crippen molar-refractivity contribution in [1.82, 2.24) is 5.32 Å². The summed E-state index contributed by atoms with van der Waals surface area (Å²) >= 11 is 5.94. The lowest BCUT2D eigenvalue weighted by atomic mass is 9.95. The van der Waals surface area contributed by atoms with Crippen LogP contribution in [0.5, 0.6) is 0 Å². The molecule has 1 aromatic rings. The number of aliphatic hydroxyl groups excluding tert-OH is 1. The Balaban J connectivity index is 1.81. The summed E-state index contributed by atoms with van der Waals surface area (Å²) in [4.78, 5) is 5.46. The lowest BCUT2D eigenvalue weighted by molar-refractivity contribution is 0.0381. The Bertz CT molecular complexity index is 608. The van der Waals surface area contributed by atoms with E-state index in [1.165, 1.54) is 32.1 Å². The lowest BCUT2D eigenvalue weighted by Crippen LogP contribution is -2.38. The van der Waals surface area contributed by atoms with E-state index >= 15 is 0 Å². The highest BCUT2D eigenvalue weighted by Crippen LogP contribution is 2.17. The van der Waals surface area contributed by atoms with Gasteiger partial charge in [0.1, 0.15) is 12.7 Å². The van der Waals surface area contributed by atoms with Crippen LogP contribution in [0.1, 0.15) is 64.4 Å². The first-order valence-corrected chi connectivity index (χ1v) is 10.9. The molecule has 0 heterocycles. The third kappa shape index (κ3) is 9.72. The topological polar surface area (TPSA) is 53.9 Å². The Labute approximate surface area is 175 Å². The molecule has 0 saturated heterocycles. The van der Waals surface area contributed by atoms with E-state index in [9.17, 15) is 5.11 Å². The van der Waals surface area contributed by atoms with Crippen molar-refractivity contribution in [3.05, 3.63) is 40.9 Å². The number of hydrogen-bond donors (Lipinski definition) is 2. The molecule has 1 aliphatic carbocycles. The number of rotatable bonds is 11. The summed E-state index contributed by atoms with van der Waals surface area (Å²) < 4.78 is 0. The molecule has 0 radical (unpaired) electrons. The molecule has 4 nitrogen and oxygen atoms in total. The van der Waals surface area contributed by atoms with Crippen molar-refractivity contribution in [2.45, 2.75) is 70.9 Å². The summed E-state index contributed by atoms with van der Waals surface area (Å²) in [5, 5.41) is 18.6. The lowest BCUT2D eigenvalue weighted by Gasteiger charge is -2.24. The van der Waals surface area contributed by atoms with Crippen LogP contribution >= 0.6 is 11.6 Å². The van der Waals surface area contributed by atoms with Crippen molar-refractivity contribution < 1.29 is 9.94 Å². The Kier molecular flexibility index (Phi) is 10.6. The number of allylic oxidation sites excluding steroid dienone is 1. The Morgan fingerprint density at radius 3 is 2.64 bits per heavy atom. The Hall–Kier alpha value is -1.36. The summed E-state index contributed by atoms with van der Waals surface area (Å²) in [6, 6.07) is 8.23. The second kappa shape index (κ2) is 13.0. The Morgan fingerprint density at radius 2 is 1.96 bits per heavy atom. The molecule has 2 rings (SSSR count). The number of nitrogens with zero attached hydrogens (tertiary/aromatic N) is 1. The van der Waals surface area contributed by atoms with E-state index in [-0.39, 0.29) is 6.61 Å². The highest BCUT2D eigenvalue weighted by molar-refractivity contribution is 6.30. The highest BCUT2D eigenvalue weighted by Gasteiger charge is 2.14. The summed E-state index contributed by atoms with van der Waals surface area (Å²) in [7, 11) is 0. The predicted molar refractivity (Wildman–Crippen MR) is 119 cm³/mol. The van der Waals surface area contributed by atoms with Gasteiger partial charge in [0.25, 0.3) is 0 Å². The van der Waals surface area contributed by atoms with Crippen molar-refractivity contribution >= 4 is 23.4 Å². The molecular weight excluding hydrogens is 372 g/mol. The minimum Gasteiger partial charge on any atom is -0.393 e. The van der Waals surface area contributed by atoms with E-state index in [4.69, 9.17) is 16.4 Å². The molecule has 5 heteroatoms. The molecule has 1 aromatic carbocycles. The molecule has 2 N–H and O–H groups in total. The first kappa shape index (κ1) is 22.9. The molecule has 0 aromatic heterocycles. The van der Waals surface area contributed by atoms with Gasteiger partial charge in [-0.05, 0) is 55.4 Å². The van der Waals surface area contributed by atoms with Gasteiger partial charge in [0.2, 0.25) is 0 Å². The summed E-state index contributed by atoms with van der Waals surface area (Å²) in [5.41, 5.74) is 1.95. The van der Waals surface area contributed by atoms with E-state index in [0.717, 1.165) is 29.1 Å². The van der Waals surface area contributed by atoms with Crippen molar-refractivity contribution in [2.24, 2.45) is 11.1 Å².